The smallest absolute Gasteiger partial charge is 0.240 e. The van der Waals surface area contributed by atoms with Gasteiger partial charge in [-0.05, 0) is 74.6 Å². The predicted octanol–water partition coefficient (Wildman–Crippen LogP) is 6.88. The van der Waals surface area contributed by atoms with E-state index in [0.717, 1.165) is 39.1 Å². The number of aliphatic hydroxyl groups excluding tert-OH is 1. The van der Waals surface area contributed by atoms with Crippen LogP contribution in [0.15, 0.2) is 144 Å². The summed E-state index contributed by atoms with van der Waals surface area (Å²) < 4.78 is 43.5. The van der Waals surface area contributed by atoms with Crippen LogP contribution in [-0.4, -0.2) is 45.6 Å². The Balaban J connectivity index is 1.12. The maximum Gasteiger partial charge on any atom is 0.240 e. The van der Waals surface area contributed by atoms with Crippen molar-refractivity contribution in [3.63, 3.8) is 0 Å². The van der Waals surface area contributed by atoms with Gasteiger partial charge in [-0.15, -0.1) is 5.10 Å². The van der Waals surface area contributed by atoms with Crippen LogP contribution in [0.1, 0.15) is 41.6 Å². The highest BCUT2D eigenvalue weighted by Gasteiger charge is 2.38. The Morgan fingerprint density at radius 1 is 0.784 bits per heavy atom. The second-order valence-electron chi connectivity index (χ2n) is 12.3. The van der Waals surface area contributed by atoms with Crippen molar-refractivity contribution in [1.82, 2.24) is 24.9 Å². The van der Waals surface area contributed by atoms with E-state index in [1.165, 1.54) is 11.8 Å². The van der Waals surface area contributed by atoms with E-state index in [0.29, 0.717) is 10.9 Å². The lowest BCUT2D eigenvalue weighted by Gasteiger charge is -2.41. The maximum atomic E-state index is 12.8. The van der Waals surface area contributed by atoms with Gasteiger partial charge in [0, 0.05) is 23.8 Å². The monoisotopic (exact) mass is 719 g/mol. The summed E-state index contributed by atoms with van der Waals surface area (Å²) in [5.41, 5.74) is 6.28. The molecule has 0 radical (unpaired) electrons. The molecule has 1 aliphatic rings. The molecule has 51 heavy (non-hydrogen) atoms. The van der Waals surface area contributed by atoms with Gasteiger partial charge in [-0.3, -0.25) is 0 Å². The van der Waals surface area contributed by atoms with Gasteiger partial charge in [0.2, 0.25) is 15.2 Å². The molecular weight excluding hydrogens is 683 g/mol. The molecule has 2 heterocycles. The van der Waals surface area contributed by atoms with E-state index in [1.807, 2.05) is 97.1 Å². The lowest BCUT2D eigenvalue weighted by molar-refractivity contribution is -0.268. The van der Waals surface area contributed by atoms with Crippen LogP contribution in [0.25, 0.3) is 16.8 Å². The van der Waals surface area contributed by atoms with Gasteiger partial charge in [0.15, 0.2) is 6.29 Å². The number of hydrogen-bond acceptors (Lipinski definition) is 9. The predicted molar refractivity (Wildman–Crippen MR) is 195 cm³/mol. The van der Waals surface area contributed by atoms with Crippen molar-refractivity contribution in [2.75, 3.05) is 5.75 Å². The first-order chi connectivity index (χ1) is 24.9. The lowest BCUT2D eigenvalue weighted by Crippen LogP contribution is -2.38. The molecule has 0 bridgehead atoms. The number of thioether (sulfide) groups is 1. The van der Waals surface area contributed by atoms with Gasteiger partial charge < -0.3 is 14.6 Å². The van der Waals surface area contributed by atoms with Gasteiger partial charge in [-0.25, -0.2) is 13.1 Å². The van der Waals surface area contributed by atoms with Crippen LogP contribution in [0.3, 0.4) is 0 Å². The molecule has 0 unspecified atom stereocenters. The van der Waals surface area contributed by atoms with Crippen molar-refractivity contribution in [2.45, 2.75) is 48.6 Å². The second kappa shape index (κ2) is 15.7. The highest BCUT2D eigenvalue weighted by molar-refractivity contribution is 7.99. The Bertz CT molecular complexity index is 2170. The highest BCUT2D eigenvalue weighted by Crippen LogP contribution is 2.43. The number of rotatable bonds is 12. The molecule has 4 atom stereocenters. The van der Waals surface area contributed by atoms with Crippen LogP contribution >= 0.6 is 11.8 Å². The lowest BCUT2D eigenvalue weighted by atomic mass is 9.91. The first kappa shape index (κ1) is 34.7. The average Bonchev–Trinajstić information content (AvgIpc) is 3.66. The van der Waals surface area contributed by atoms with E-state index in [2.05, 4.69) is 33.2 Å². The van der Waals surface area contributed by atoms with Gasteiger partial charge in [0.05, 0.1) is 29.4 Å². The Labute approximate surface area is 301 Å². The standard InChI is InChI=1S/C39H37N5O5S2/c1-27-36(26-50-39-41-42-43-44(39)34-14-4-2-5-15-34)48-38(49-37(27)30-20-18-28(25-45)19-21-30)33-13-9-12-32(23-33)31-11-8-10-29(22-31)24-40-51(46,47)35-16-6-3-7-17-35/h2-23,27,36-38,40,45H,24-26H2,1H3/t27-,36+,37+,38+/m1/s1. The Hall–Kier alpha value is -4.69. The van der Waals surface area contributed by atoms with Crippen LogP contribution in [0, 0.1) is 5.92 Å². The highest BCUT2D eigenvalue weighted by atomic mass is 32.2. The van der Waals surface area contributed by atoms with E-state index >= 15 is 0 Å². The SMILES string of the molecule is C[C@@H]1[C@H](CSc2nnnn2-c2ccccc2)O[C@H](c2cccc(-c3cccc(CNS(=O)(=O)c4ccccc4)c3)c2)O[C@@H]1c1ccc(CO)cc1. The normalized spacial score (nSPS) is 19.2. The Morgan fingerprint density at radius 2 is 1.49 bits per heavy atom. The topological polar surface area (TPSA) is 128 Å². The minimum atomic E-state index is -3.64. The molecule has 5 aromatic carbocycles. The number of aliphatic hydroxyl groups is 1. The third-order valence-corrected chi connectivity index (χ3v) is 11.3. The zero-order valence-corrected chi connectivity index (χ0v) is 29.5. The molecule has 10 nitrogen and oxygen atoms in total. The minimum Gasteiger partial charge on any atom is -0.392 e. The van der Waals surface area contributed by atoms with Gasteiger partial charge in [-0.1, -0.05) is 116 Å². The molecule has 1 aliphatic heterocycles. The fourth-order valence-corrected chi connectivity index (χ4v) is 8.15. The molecular formula is C39H37N5O5S2. The summed E-state index contributed by atoms with van der Waals surface area (Å²) in [4.78, 5) is 0.227. The van der Waals surface area contributed by atoms with Crippen molar-refractivity contribution in [3.05, 3.63) is 156 Å². The third kappa shape index (κ3) is 8.12. The summed E-state index contributed by atoms with van der Waals surface area (Å²) in [7, 11) is -3.64. The Morgan fingerprint density at radius 3 is 2.24 bits per heavy atom. The summed E-state index contributed by atoms with van der Waals surface area (Å²) in [6.45, 7) is 2.25. The van der Waals surface area contributed by atoms with Crippen molar-refractivity contribution < 1.29 is 23.0 Å². The van der Waals surface area contributed by atoms with E-state index in [-0.39, 0.29) is 36.2 Å². The average molecular weight is 720 g/mol. The number of aromatic nitrogens is 4. The fraction of sp³-hybridized carbons (Fsp3) is 0.205. The van der Waals surface area contributed by atoms with Crippen molar-refractivity contribution >= 4 is 21.8 Å². The van der Waals surface area contributed by atoms with E-state index in [1.54, 1.807) is 35.0 Å². The molecule has 0 amide bonds. The van der Waals surface area contributed by atoms with Crippen LogP contribution in [0.5, 0.6) is 0 Å². The summed E-state index contributed by atoms with van der Waals surface area (Å²) >= 11 is 1.53. The van der Waals surface area contributed by atoms with E-state index < -0.39 is 16.3 Å². The maximum absolute atomic E-state index is 12.8. The minimum absolute atomic E-state index is 0.0192. The molecule has 0 aliphatic carbocycles. The van der Waals surface area contributed by atoms with Gasteiger partial charge in [0.25, 0.3) is 0 Å². The Kier molecular flexibility index (Phi) is 10.7. The molecule has 1 saturated heterocycles. The number of ether oxygens (including phenoxy) is 2. The first-order valence-corrected chi connectivity index (χ1v) is 19.1. The zero-order valence-electron chi connectivity index (χ0n) is 27.8. The number of benzene rings is 5. The second-order valence-corrected chi connectivity index (χ2v) is 15.1. The molecule has 1 aromatic heterocycles. The number of nitrogens with zero attached hydrogens (tertiary/aromatic N) is 4. The summed E-state index contributed by atoms with van der Waals surface area (Å²) in [5.74, 6) is 0.564. The van der Waals surface area contributed by atoms with Crippen LogP contribution in [-0.2, 0) is 32.6 Å². The van der Waals surface area contributed by atoms with Crippen LogP contribution in [0.4, 0.5) is 0 Å². The number of para-hydroxylation sites is 1. The van der Waals surface area contributed by atoms with Crippen molar-refractivity contribution in [1.29, 1.82) is 0 Å². The molecule has 2 N–H and O–H groups in total. The molecule has 0 saturated carbocycles. The first-order valence-electron chi connectivity index (χ1n) is 16.6. The molecule has 1 fully saturated rings. The number of tetrazole rings is 1. The zero-order chi connectivity index (χ0) is 35.2. The van der Waals surface area contributed by atoms with E-state index in [9.17, 15) is 13.5 Å². The van der Waals surface area contributed by atoms with Crippen molar-refractivity contribution in [3.8, 4) is 16.8 Å². The summed E-state index contributed by atoms with van der Waals surface area (Å²) in [6, 6.07) is 41.8. The summed E-state index contributed by atoms with van der Waals surface area (Å²) in [6.07, 6.45) is -1.17. The molecule has 0 spiro atoms. The van der Waals surface area contributed by atoms with Gasteiger partial charge >= 0.3 is 0 Å². The number of nitrogens with one attached hydrogen (secondary N) is 1. The van der Waals surface area contributed by atoms with Gasteiger partial charge in [0.1, 0.15) is 0 Å². The quantitative estimate of drug-likeness (QED) is 0.130. The molecule has 6 aromatic rings. The molecule has 7 rings (SSSR count). The largest absolute Gasteiger partial charge is 0.392 e. The molecule has 260 valence electrons. The third-order valence-electron chi connectivity index (χ3n) is 8.88. The van der Waals surface area contributed by atoms with Crippen LogP contribution in [0.2, 0.25) is 0 Å². The van der Waals surface area contributed by atoms with Crippen molar-refractivity contribution in [2.24, 2.45) is 5.92 Å². The van der Waals surface area contributed by atoms with E-state index in [4.69, 9.17) is 9.47 Å². The number of hydrogen-bond donors (Lipinski definition) is 2. The molecule has 12 heteroatoms. The van der Waals surface area contributed by atoms with Crippen LogP contribution < -0.4 is 4.72 Å². The van der Waals surface area contributed by atoms with Gasteiger partial charge in [-0.2, -0.15) is 4.68 Å². The fourth-order valence-electron chi connectivity index (χ4n) is 6.05. The number of sulfonamides is 1. The summed E-state index contributed by atoms with van der Waals surface area (Å²) in [5, 5.41) is 22.7.